The largest absolute Gasteiger partial charge is 0.455 e. The van der Waals surface area contributed by atoms with Crippen LogP contribution in [0.15, 0.2) is 192 Å². The molecule has 9 aromatic carbocycles. The van der Waals surface area contributed by atoms with Crippen LogP contribution in [0.5, 0.6) is 0 Å². The number of furan rings is 1. The Balaban J connectivity index is 1.13. The smallest absolute Gasteiger partial charge is 0.143 e. The molecule has 0 N–H and O–H groups in total. The molecule has 248 valence electrons. The van der Waals surface area contributed by atoms with Crippen LogP contribution in [-0.2, 0) is 0 Å². The summed E-state index contributed by atoms with van der Waals surface area (Å²) in [5.74, 6) is 0. The highest BCUT2D eigenvalue weighted by Gasteiger charge is 2.22. The van der Waals surface area contributed by atoms with Gasteiger partial charge in [0.2, 0.25) is 0 Å². The van der Waals surface area contributed by atoms with Gasteiger partial charge in [-0.1, -0.05) is 140 Å². The van der Waals surface area contributed by atoms with Gasteiger partial charge in [0.1, 0.15) is 11.2 Å². The molecule has 0 atom stereocenters. The number of nitrogens with zero attached hydrogens (tertiary/aromatic N) is 1. The Bertz CT molecular complexity index is 3180. The first kappa shape index (κ1) is 30.0. The van der Waals surface area contributed by atoms with Crippen molar-refractivity contribution in [3.63, 3.8) is 0 Å². The molecule has 0 radical (unpaired) electrons. The molecular formula is C50H31NOS. The van der Waals surface area contributed by atoms with Gasteiger partial charge in [-0.3, -0.25) is 0 Å². The van der Waals surface area contributed by atoms with E-state index in [1.165, 1.54) is 47.5 Å². The number of hydrogen-bond donors (Lipinski definition) is 0. The summed E-state index contributed by atoms with van der Waals surface area (Å²) in [7, 11) is 0. The van der Waals surface area contributed by atoms with E-state index in [2.05, 4.69) is 193 Å². The first-order valence-corrected chi connectivity index (χ1v) is 18.8. The highest BCUT2D eigenvalue weighted by atomic mass is 32.1. The van der Waals surface area contributed by atoms with E-state index in [9.17, 15) is 0 Å². The molecule has 0 unspecified atom stereocenters. The quantitative estimate of drug-likeness (QED) is 0.178. The first-order valence-electron chi connectivity index (χ1n) is 18.0. The fourth-order valence-electron chi connectivity index (χ4n) is 8.22. The number of para-hydroxylation sites is 1. The lowest BCUT2D eigenvalue weighted by Crippen LogP contribution is -2.11. The van der Waals surface area contributed by atoms with Gasteiger partial charge in [0.15, 0.2) is 0 Å². The predicted molar refractivity (Wildman–Crippen MR) is 227 cm³/mol. The van der Waals surface area contributed by atoms with Crippen molar-refractivity contribution in [2.45, 2.75) is 0 Å². The normalized spacial score (nSPS) is 11.8. The molecule has 0 saturated carbocycles. The molecule has 0 spiro atoms. The highest BCUT2D eigenvalue weighted by Crippen LogP contribution is 2.47. The number of anilines is 3. The van der Waals surface area contributed by atoms with Gasteiger partial charge < -0.3 is 9.32 Å². The number of hydrogen-bond acceptors (Lipinski definition) is 3. The molecular weight excluding hydrogens is 663 g/mol. The Morgan fingerprint density at radius 1 is 0.396 bits per heavy atom. The van der Waals surface area contributed by atoms with Crippen molar-refractivity contribution in [1.82, 2.24) is 0 Å². The minimum Gasteiger partial charge on any atom is -0.455 e. The van der Waals surface area contributed by atoms with Crippen molar-refractivity contribution >= 4 is 92.1 Å². The van der Waals surface area contributed by atoms with Gasteiger partial charge in [-0.15, -0.1) is 11.3 Å². The summed E-state index contributed by atoms with van der Waals surface area (Å²) in [5, 5.41) is 9.66. The molecule has 11 aromatic rings. The van der Waals surface area contributed by atoms with Crippen molar-refractivity contribution in [3.05, 3.63) is 188 Å². The second kappa shape index (κ2) is 11.9. The van der Waals surface area contributed by atoms with Crippen molar-refractivity contribution in [2.75, 3.05) is 4.90 Å². The van der Waals surface area contributed by atoms with Crippen LogP contribution in [0.25, 0.3) is 85.9 Å². The van der Waals surface area contributed by atoms with Gasteiger partial charge in [0.25, 0.3) is 0 Å². The summed E-state index contributed by atoms with van der Waals surface area (Å²) < 4.78 is 9.22. The second-order valence-electron chi connectivity index (χ2n) is 13.6. The van der Waals surface area contributed by atoms with Crippen LogP contribution in [-0.4, -0.2) is 0 Å². The summed E-state index contributed by atoms with van der Waals surface area (Å²) >= 11 is 1.85. The van der Waals surface area contributed by atoms with Crippen molar-refractivity contribution in [3.8, 4) is 22.3 Å². The van der Waals surface area contributed by atoms with E-state index in [0.717, 1.165) is 55.5 Å². The maximum atomic E-state index is 6.65. The molecule has 2 nitrogen and oxygen atoms in total. The van der Waals surface area contributed by atoms with E-state index in [-0.39, 0.29) is 0 Å². The molecule has 3 heteroatoms. The Morgan fingerprint density at radius 3 is 1.91 bits per heavy atom. The number of rotatable bonds is 5. The third kappa shape index (κ3) is 4.78. The van der Waals surface area contributed by atoms with Crippen LogP contribution in [0.4, 0.5) is 17.1 Å². The lowest BCUT2D eigenvalue weighted by molar-refractivity contribution is 0.673. The Hall–Kier alpha value is -6.68. The zero-order chi connectivity index (χ0) is 34.9. The molecule has 0 aliphatic rings. The van der Waals surface area contributed by atoms with E-state index >= 15 is 0 Å². The monoisotopic (exact) mass is 693 g/mol. The second-order valence-corrected chi connectivity index (χ2v) is 14.7. The van der Waals surface area contributed by atoms with Gasteiger partial charge >= 0.3 is 0 Å². The van der Waals surface area contributed by atoms with Crippen molar-refractivity contribution in [2.24, 2.45) is 0 Å². The highest BCUT2D eigenvalue weighted by molar-refractivity contribution is 7.25. The zero-order valence-corrected chi connectivity index (χ0v) is 29.5. The summed E-state index contributed by atoms with van der Waals surface area (Å²) in [6.45, 7) is 0. The maximum Gasteiger partial charge on any atom is 0.143 e. The molecule has 0 saturated heterocycles. The number of fused-ring (bicyclic) bond motifs is 9. The van der Waals surface area contributed by atoms with E-state index in [1.807, 2.05) is 11.3 Å². The summed E-state index contributed by atoms with van der Waals surface area (Å²) in [6.07, 6.45) is 0. The van der Waals surface area contributed by atoms with Crippen molar-refractivity contribution < 1.29 is 4.42 Å². The van der Waals surface area contributed by atoms with Crippen LogP contribution in [0, 0.1) is 0 Å². The van der Waals surface area contributed by atoms with Gasteiger partial charge in [-0.05, 0) is 81.4 Å². The van der Waals surface area contributed by atoms with Gasteiger partial charge in [-0.2, -0.15) is 0 Å². The molecule has 0 amide bonds. The molecule has 11 rings (SSSR count). The third-order valence-electron chi connectivity index (χ3n) is 10.7. The van der Waals surface area contributed by atoms with E-state index < -0.39 is 0 Å². The molecule has 0 aliphatic carbocycles. The molecule has 0 fully saturated rings. The first-order chi connectivity index (χ1) is 26.3. The lowest BCUT2D eigenvalue weighted by Gasteiger charge is -2.28. The lowest BCUT2D eigenvalue weighted by atomic mass is 9.95. The van der Waals surface area contributed by atoms with Crippen molar-refractivity contribution in [1.29, 1.82) is 0 Å². The van der Waals surface area contributed by atoms with E-state index in [4.69, 9.17) is 4.42 Å². The van der Waals surface area contributed by atoms with E-state index in [1.54, 1.807) is 0 Å². The fourth-order valence-corrected chi connectivity index (χ4v) is 9.36. The minimum atomic E-state index is 0.890. The average Bonchev–Trinajstić information content (AvgIpc) is 3.80. The molecule has 0 bridgehead atoms. The van der Waals surface area contributed by atoms with Crippen LogP contribution < -0.4 is 4.90 Å². The fraction of sp³-hybridized carbons (Fsp3) is 0. The zero-order valence-electron chi connectivity index (χ0n) is 28.7. The molecule has 0 aliphatic heterocycles. The Labute approximate surface area is 310 Å². The van der Waals surface area contributed by atoms with Gasteiger partial charge in [-0.25, -0.2) is 0 Å². The van der Waals surface area contributed by atoms with Gasteiger partial charge in [0.05, 0.1) is 5.69 Å². The summed E-state index contributed by atoms with van der Waals surface area (Å²) in [4.78, 5) is 2.42. The summed E-state index contributed by atoms with van der Waals surface area (Å²) in [6, 6.07) is 68.0. The van der Waals surface area contributed by atoms with Crippen LogP contribution in [0.3, 0.4) is 0 Å². The molecule has 53 heavy (non-hydrogen) atoms. The van der Waals surface area contributed by atoms with Gasteiger partial charge in [0, 0.05) is 53.3 Å². The summed E-state index contributed by atoms with van der Waals surface area (Å²) in [5.41, 5.74) is 9.85. The molecule has 2 heterocycles. The standard InChI is InChI=1S/C50H31NOS/c1-3-14-37-32(11-1)13-9-18-38(37)34-23-26-35(27-24-34)51(36-28-30-42-41-17-6-8-22-47(41)53-48(42)31-36)45-20-7-5-16-40(45)43-19-10-21-46-49(43)44-29-25-33-12-2-4-15-39(33)50(44)52-46/h1-31H. The Kier molecular flexibility index (Phi) is 6.76. The average molecular weight is 694 g/mol. The predicted octanol–water partition coefficient (Wildman–Crippen LogP) is 15.1. The van der Waals surface area contributed by atoms with Crippen LogP contribution in [0.1, 0.15) is 0 Å². The maximum absolute atomic E-state index is 6.65. The van der Waals surface area contributed by atoms with Crippen LogP contribution in [0.2, 0.25) is 0 Å². The number of benzene rings is 9. The number of thiophene rings is 1. The SMILES string of the molecule is c1ccc(N(c2ccc(-c3cccc4ccccc34)cc2)c2ccc3c(c2)sc2ccccc23)c(-c2cccc3oc4c5ccccc5ccc4c23)c1. The van der Waals surface area contributed by atoms with Crippen LogP contribution >= 0.6 is 11.3 Å². The Morgan fingerprint density at radius 2 is 1.02 bits per heavy atom. The topological polar surface area (TPSA) is 16.4 Å². The molecule has 2 aromatic heterocycles. The third-order valence-corrected chi connectivity index (χ3v) is 11.8. The van der Waals surface area contributed by atoms with E-state index in [0.29, 0.717) is 0 Å². The minimum absolute atomic E-state index is 0.890.